The molecule has 0 bridgehead atoms. The molecule has 1 aromatic heterocycles. The fraction of sp³-hybridized carbons (Fsp3) is 0.125. The molecular weight excluding hydrogens is 266 g/mol. The molecule has 0 spiro atoms. The molecule has 0 atom stereocenters. The molecule has 21 heavy (non-hydrogen) atoms. The van der Waals surface area contributed by atoms with E-state index in [2.05, 4.69) is 15.5 Å². The third-order valence-electron chi connectivity index (χ3n) is 3.40. The molecule has 0 aliphatic heterocycles. The van der Waals surface area contributed by atoms with Gasteiger partial charge in [-0.1, -0.05) is 37.3 Å². The van der Waals surface area contributed by atoms with E-state index in [4.69, 9.17) is 0 Å². The lowest BCUT2D eigenvalue weighted by molar-refractivity contribution is 0.102. The molecular formula is C16H15N3O2. The lowest BCUT2D eigenvalue weighted by atomic mass is 10.0. The average Bonchev–Trinajstić information content (AvgIpc) is 2.95. The van der Waals surface area contributed by atoms with E-state index in [0.29, 0.717) is 11.2 Å². The summed E-state index contributed by atoms with van der Waals surface area (Å²) in [5, 5.41) is 21.3. The Kier molecular flexibility index (Phi) is 3.31. The second-order valence-electron chi connectivity index (χ2n) is 4.77. The number of rotatable bonds is 3. The number of phenolic OH excluding ortho intramolecular Hbond substituents is 1. The minimum Gasteiger partial charge on any atom is -0.506 e. The molecule has 5 nitrogen and oxygen atoms in total. The van der Waals surface area contributed by atoms with Crippen molar-refractivity contribution in [2.24, 2.45) is 0 Å². The van der Waals surface area contributed by atoms with Crippen LogP contribution in [-0.4, -0.2) is 21.2 Å². The number of nitrogens with one attached hydrogen (secondary N) is 2. The maximum Gasteiger partial charge on any atom is 0.260 e. The Hall–Kier alpha value is -2.82. The molecule has 1 amide bonds. The zero-order valence-corrected chi connectivity index (χ0v) is 11.6. The summed E-state index contributed by atoms with van der Waals surface area (Å²) < 4.78 is 0. The van der Waals surface area contributed by atoms with E-state index in [1.165, 1.54) is 0 Å². The minimum atomic E-state index is -0.382. The van der Waals surface area contributed by atoms with Crippen LogP contribution in [0.25, 0.3) is 10.8 Å². The summed E-state index contributed by atoms with van der Waals surface area (Å²) in [7, 11) is 0. The van der Waals surface area contributed by atoms with Crippen molar-refractivity contribution >= 4 is 22.5 Å². The van der Waals surface area contributed by atoms with Crippen LogP contribution in [0.4, 0.5) is 5.82 Å². The number of hydrogen-bond acceptors (Lipinski definition) is 3. The lowest BCUT2D eigenvalue weighted by Crippen LogP contribution is -2.12. The first-order chi connectivity index (χ1) is 10.2. The summed E-state index contributed by atoms with van der Waals surface area (Å²) in [6.45, 7) is 1.99. The molecule has 0 unspecified atom stereocenters. The molecule has 0 fully saturated rings. The third-order valence-corrected chi connectivity index (χ3v) is 3.40. The number of aromatic amines is 1. The van der Waals surface area contributed by atoms with Crippen LogP contribution < -0.4 is 5.32 Å². The average molecular weight is 281 g/mol. The number of amides is 1. The first kappa shape index (κ1) is 13.2. The molecule has 3 rings (SSSR count). The fourth-order valence-electron chi connectivity index (χ4n) is 2.23. The van der Waals surface area contributed by atoms with Crippen molar-refractivity contribution in [2.45, 2.75) is 13.3 Å². The Morgan fingerprint density at radius 1 is 1.29 bits per heavy atom. The van der Waals surface area contributed by atoms with Gasteiger partial charge in [0.2, 0.25) is 0 Å². The van der Waals surface area contributed by atoms with Crippen LogP contribution in [0.2, 0.25) is 0 Å². The predicted octanol–water partition coefficient (Wildman–Crippen LogP) is 3.08. The Bertz CT molecular complexity index is 808. The molecule has 0 radical (unpaired) electrons. The number of H-pyrrole nitrogens is 1. The van der Waals surface area contributed by atoms with Crippen molar-refractivity contribution in [3.63, 3.8) is 0 Å². The quantitative estimate of drug-likeness (QED) is 0.690. The smallest absolute Gasteiger partial charge is 0.260 e. The summed E-state index contributed by atoms with van der Waals surface area (Å²) in [6, 6.07) is 12.6. The van der Waals surface area contributed by atoms with Gasteiger partial charge in [-0.25, -0.2) is 0 Å². The number of aryl methyl sites for hydroxylation is 1. The Morgan fingerprint density at radius 3 is 2.86 bits per heavy atom. The SMILES string of the molecule is CCc1cc(NC(=O)c2ccc3ccccc3c2O)n[nH]1. The van der Waals surface area contributed by atoms with Crippen molar-refractivity contribution < 1.29 is 9.90 Å². The van der Waals surface area contributed by atoms with Crippen molar-refractivity contribution in [3.05, 3.63) is 53.7 Å². The topological polar surface area (TPSA) is 78.0 Å². The highest BCUT2D eigenvalue weighted by molar-refractivity contribution is 6.09. The predicted molar refractivity (Wildman–Crippen MR) is 81.5 cm³/mol. The van der Waals surface area contributed by atoms with Gasteiger partial charge in [-0.2, -0.15) is 5.10 Å². The number of nitrogens with zero attached hydrogens (tertiary/aromatic N) is 1. The van der Waals surface area contributed by atoms with E-state index in [0.717, 1.165) is 17.5 Å². The van der Waals surface area contributed by atoms with Gasteiger partial charge in [0.05, 0.1) is 5.56 Å². The third kappa shape index (κ3) is 2.45. The summed E-state index contributed by atoms with van der Waals surface area (Å²) in [4.78, 5) is 12.3. The molecule has 5 heteroatoms. The normalized spacial score (nSPS) is 10.7. The van der Waals surface area contributed by atoms with Crippen LogP contribution in [0.15, 0.2) is 42.5 Å². The molecule has 0 saturated carbocycles. The number of hydrogen-bond donors (Lipinski definition) is 3. The summed E-state index contributed by atoms with van der Waals surface area (Å²) in [6.07, 6.45) is 0.810. The zero-order valence-electron chi connectivity index (χ0n) is 11.6. The van der Waals surface area contributed by atoms with Gasteiger partial charge in [-0.15, -0.1) is 0 Å². The zero-order chi connectivity index (χ0) is 14.8. The van der Waals surface area contributed by atoms with Crippen molar-refractivity contribution in [3.8, 4) is 5.75 Å². The van der Waals surface area contributed by atoms with Gasteiger partial charge >= 0.3 is 0 Å². The number of carbonyl (C=O) groups is 1. The lowest BCUT2D eigenvalue weighted by Gasteiger charge is -2.07. The molecule has 106 valence electrons. The molecule has 2 aromatic carbocycles. The largest absolute Gasteiger partial charge is 0.506 e. The highest BCUT2D eigenvalue weighted by atomic mass is 16.3. The monoisotopic (exact) mass is 281 g/mol. The van der Waals surface area contributed by atoms with E-state index in [9.17, 15) is 9.90 Å². The van der Waals surface area contributed by atoms with Crippen LogP contribution in [0.1, 0.15) is 23.0 Å². The number of fused-ring (bicyclic) bond motifs is 1. The second-order valence-corrected chi connectivity index (χ2v) is 4.77. The highest BCUT2D eigenvalue weighted by Gasteiger charge is 2.14. The van der Waals surface area contributed by atoms with E-state index >= 15 is 0 Å². The van der Waals surface area contributed by atoms with Gasteiger partial charge < -0.3 is 10.4 Å². The first-order valence-corrected chi connectivity index (χ1v) is 6.75. The second kappa shape index (κ2) is 5.28. The fourth-order valence-corrected chi connectivity index (χ4v) is 2.23. The highest BCUT2D eigenvalue weighted by Crippen LogP contribution is 2.28. The van der Waals surface area contributed by atoms with Gasteiger partial charge in [-0.3, -0.25) is 9.89 Å². The number of aromatic hydroxyl groups is 1. The Balaban J connectivity index is 1.92. The molecule has 0 aliphatic carbocycles. The van der Waals surface area contributed by atoms with Gasteiger partial charge in [-0.05, 0) is 17.9 Å². The molecule has 0 saturated heterocycles. The first-order valence-electron chi connectivity index (χ1n) is 6.75. The van der Waals surface area contributed by atoms with Crippen molar-refractivity contribution in [1.82, 2.24) is 10.2 Å². The van der Waals surface area contributed by atoms with E-state index in [1.807, 2.05) is 31.2 Å². The Morgan fingerprint density at radius 2 is 2.10 bits per heavy atom. The molecule has 3 aromatic rings. The maximum atomic E-state index is 12.3. The molecule has 0 aliphatic rings. The van der Waals surface area contributed by atoms with Gasteiger partial charge in [0.15, 0.2) is 5.82 Å². The number of aromatic nitrogens is 2. The molecule has 1 heterocycles. The van der Waals surface area contributed by atoms with Gasteiger partial charge in [0, 0.05) is 17.1 Å². The number of benzene rings is 2. The van der Waals surface area contributed by atoms with E-state index in [1.54, 1.807) is 18.2 Å². The molecule has 3 N–H and O–H groups in total. The number of phenols is 1. The standard InChI is InChI=1S/C16H15N3O2/c1-2-11-9-14(19-18-11)17-16(21)13-8-7-10-5-3-4-6-12(10)15(13)20/h3-9,20H,2H2,1H3,(H2,17,18,19,21). The van der Waals surface area contributed by atoms with E-state index < -0.39 is 0 Å². The summed E-state index contributed by atoms with van der Waals surface area (Å²) in [5.74, 6) is 0.0497. The maximum absolute atomic E-state index is 12.3. The van der Waals surface area contributed by atoms with Crippen molar-refractivity contribution in [1.29, 1.82) is 0 Å². The minimum absolute atomic E-state index is 0.0168. The van der Waals surface area contributed by atoms with Crippen LogP contribution in [0.3, 0.4) is 0 Å². The van der Waals surface area contributed by atoms with E-state index in [-0.39, 0.29) is 17.2 Å². The van der Waals surface area contributed by atoms with Crippen LogP contribution in [0.5, 0.6) is 5.75 Å². The van der Waals surface area contributed by atoms with Crippen LogP contribution >= 0.6 is 0 Å². The number of anilines is 1. The summed E-state index contributed by atoms with van der Waals surface area (Å²) in [5.41, 5.74) is 1.17. The van der Waals surface area contributed by atoms with Crippen molar-refractivity contribution in [2.75, 3.05) is 5.32 Å². The summed E-state index contributed by atoms with van der Waals surface area (Å²) >= 11 is 0. The van der Waals surface area contributed by atoms with Gasteiger partial charge in [0.1, 0.15) is 5.75 Å². The van der Waals surface area contributed by atoms with Crippen LogP contribution in [-0.2, 0) is 6.42 Å². The number of carbonyl (C=O) groups excluding carboxylic acids is 1. The Labute approximate surface area is 121 Å². The van der Waals surface area contributed by atoms with Gasteiger partial charge in [0.25, 0.3) is 5.91 Å². The van der Waals surface area contributed by atoms with Crippen LogP contribution in [0, 0.1) is 0 Å².